The van der Waals surface area contributed by atoms with Crippen molar-refractivity contribution in [2.75, 3.05) is 19.7 Å². The van der Waals surface area contributed by atoms with Gasteiger partial charge < -0.3 is 19.8 Å². The van der Waals surface area contributed by atoms with Crippen molar-refractivity contribution in [1.82, 2.24) is 10.6 Å². The molecule has 6 heteroatoms. The van der Waals surface area contributed by atoms with Crippen molar-refractivity contribution < 1.29 is 18.7 Å². The average molecular weight is 389 g/mol. The van der Waals surface area contributed by atoms with E-state index in [0.29, 0.717) is 31.9 Å². The molecule has 0 bridgehead atoms. The molecule has 0 atom stereocenters. The van der Waals surface area contributed by atoms with E-state index >= 15 is 0 Å². The zero-order chi connectivity index (χ0) is 20.9. The number of unbranched alkanes of at least 4 members (excludes halogenated alkanes) is 2. The minimum atomic E-state index is -0.271. The van der Waals surface area contributed by atoms with E-state index in [1.54, 1.807) is 36.8 Å². The summed E-state index contributed by atoms with van der Waals surface area (Å²) >= 11 is 0. The molecule has 1 aromatic heterocycles. The summed E-state index contributed by atoms with van der Waals surface area (Å²) in [6.07, 6.45) is 11.1. The van der Waals surface area contributed by atoms with E-state index in [4.69, 9.17) is 9.15 Å². The summed E-state index contributed by atoms with van der Waals surface area (Å²) < 4.78 is 10.2. The highest BCUT2D eigenvalue weighted by Crippen LogP contribution is 2.01. The zero-order valence-corrected chi connectivity index (χ0v) is 17.1. The molecule has 6 nitrogen and oxygen atoms in total. The molecule has 0 aliphatic carbocycles. The van der Waals surface area contributed by atoms with Crippen LogP contribution in [-0.4, -0.2) is 31.5 Å². The molecule has 154 valence electrons. The predicted octanol–water partition coefficient (Wildman–Crippen LogP) is 3.67. The number of nitrogens with one attached hydrogen (secondary N) is 2. The van der Waals surface area contributed by atoms with Gasteiger partial charge >= 0.3 is 0 Å². The van der Waals surface area contributed by atoms with E-state index in [1.165, 1.54) is 6.08 Å². The van der Waals surface area contributed by atoms with E-state index < -0.39 is 0 Å². The lowest BCUT2D eigenvalue weighted by molar-refractivity contribution is -0.116. The Bertz CT molecular complexity index is 637. The summed E-state index contributed by atoms with van der Waals surface area (Å²) in [6.45, 7) is 7.52. The Morgan fingerprint density at radius 1 is 1.18 bits per heavy atom. The average Bonchev–Trinajstić information content (AvgIpc) is 3.23. The van der Waals surface area contributed by atoms with E-state index in [-0.39, 0.29) is 11.8 Å². The molecule has 2 N–H and O–H groups in total. The van der Waals surface area contributed by atoms with Crippen molar-refractivity contribution in [3.63, 3.8) is 0 Å². The molecule has 0 saturated carbocycles. The number of furan rings is 1. The first-order valence-corrected chi connectivity index (χ1v) is 9.71. The van der Waals surface area contributed by atoms with Gasteiger partial charge in [-0.3, -0.25) is 9.59 Å². The van der Waals surface area contributed by atoms with Crippen LogP contribution in [-0.2, 0) is 14.3 Å². The monoisotopic (exact) mass is 388 g/mol. The standard InChI is InChI=1S/C20H26N2O4.C2H6/c1-2-15-25-16-7-4-10-19(23)21-13-5-3-6-14-22-20(24)12-11-18-9-8-17-26-18;1-2/h2,8-9,11-12,15,17H,3,5-7,13-14,16H2,1H3,(H,21,23)(H,22,24);1-2H3/b12-11+,15-2-;. The third kappa shape index (κ3) is 15.3. The maximum absolute atomic E-state index is 11.6. The Balaban J connectivity index is 0.00000352. The van der Waals surface area contributed by atoms with Gasteiger partial charge in [-0.2, -0.15) is 0 Å². The third-order valence-corrected chi connectivity index (χ3v) is 3.16. The smallest absolute Gasteiger partial charge is 0.295 e. The SMILES string of the molecule is C/C=C\OCCC#CC(=O)NCCCCCNC(=O)/C=C/c1ccco1.CC. The fourth-order valence-corrected chi connectivity index (χ4v) is 1.90. The van der Waals surface area contributed by atoms with Crippen LogP contribution >= 0.6 is 0 Å². The van der Waals surface area contributed by atoms with Crippen molar-refractivity contribution in [1.29, 1.82) is 0 Å². The highest BCUT2D eigenvalue weighted by molar-refractivity contribution is 5.93. The van der Waals surface area contributed by atoms with E-state index in [2.05, 4.69) is 22.5 Å². The first kappa shape index (κ1) is 25.1. The lowest BCUT2D eigenvalue weighted by Crippen LogP contribution is -2.24. The first-order valence-electron chi connectivity index (χ1n) is 9.71. The van der Waals surface area contributed by atoms with Gasteiger partial charge in [0.2, 0.25) is 5.91 Å². The summed E-state index contributed by atoms with van der Waals surface area (Å²) in [5.74, 6) is 5.51. The number of carbonyl (C=O) groups excluding carboxylic acids is 2. The molecule has 0 spiro atoms. The molecule has 0 aliphatic heterocycles. The Labute approximate surface area is 168 Å². The summed E-state index contributed by atoms with van der Waals surface area (Å²) in [5, 5.41) is 5.54. The van der Waals surface area contributed by atoms with Crippen molar-refractivity contribution in [3.8, 4) is 11.8 Å². The Kier molecular flexibility index (Phi) is 16.9. The summed E-state index contributed by atoms with van der Waals surface area (Å²) in [5.41, 5.74) is 0. The Hall–Kier alpha value is -2.94. The Morgan fingerprint density at radius 3 is 2.61 bits per heavy atom. The van der Waals surface area contributed by atoms with Crippen LogP contribution in [0.3, 0.4) is 0 Å². The van der Waals surface area contributed by atoms with Crippen LogP contribution in [0.5, 0.6) is 0 Å². The van der Waals surface area contributed by atoms with Gasteiger partial charge in [0.25, 0.3) is 5.91 Å². The largest absolute Gasteiger partial charge is 0.501 e. The maximum Gasteiger partial charge on any atom is 0.295 e. The van der Waals surface area contributed by atoms with Crippen molar-refractivity contribution in [2.24, 2.45) is 0 Å². The number of hydrogen-bond acceptors (Lipinski definition) is 4. The number of ether oxygens (including phenoxy) is 1. The van der Waals surface area contributed by atoms with Gasteiger partial charge in [0.1, 0.15) is 5.76 Å². The highest BCUT2D eigenvalue weighted by atomic mass is 16.5. The maximum atomic E-state index is 11.6. The van der Waals surface area contributed by atoms with E-state index in [9.17, 15) is 9.59 Å². The lowest BCUT2D eigenvalue weighted by Gasteiger charge is -2.03. The minimum absolute atomic E-state index is 0.150. The van der Waals surface area contributed by atoms with Gasteiger partial charge in [0.15, 0.2) is 0 Å². The molecule has 1 aromatic rings. The van der Waals surface area contributed by atoms with Crippen LogP contribution in [0.25, 0.3) is 6.08 Å². The molecule has 28 heavy (non-hydrogen) atoms. The number of rotatable bonds is 11. The van der Waals surface area contributed by atoms with Crippen molar-refractivity contribution in [3.05, 3.63) is 42.6 Å². The van der Waals surface area contributed by atoms with Crippen LogP contribution in [0.15, 0.2) is 41.2 Å². The van der Waals surface area contributed by atoms with Crippen LogP contribution in [0.4, 0.5) is 0 Å². The first-order chi connectivity index (χ1) is 13.7. The second-order valence-corrected chi connectivity index (χ2v) is 5.35. The topological polar surface area (TPSA) is 80.6 Å². The molecule has 2 amide bonds. The normalized spacial score (nSPS) is 9.96. The van der Waals surface area contributed by atoms with Gasteiger partial charge in [-0.05, 0) is 50.3 Å². The second-order valence-electron chi connectivity index (χ2n) is 5.35. The molecule has 0 radical (unpaired) electrons. The van der Waals surface area contributed by atoms with Crippen molar-refractivity contribution in [2.45, 2.75) is 46.5 Å². The molecule has 0 aliphatic rings. The lowest BCUT2D eigenvalue weighted by atomic mass is 10.2. The quantitative estimate of drug-likeness (QED) is 0.262. The molecule has 1 rings (SSSR count). The minimum Gasteiger partial charge on any atom is -0.501 e. The number of amides is 2. The van der Waals surface area contributed by atoms with E-state index in [0.717, 1.165) is 19.3 Å². The fourth-order valence-electron chi connectivity index (χ4n) is 1.90. The number of hydrogen-bond donors (Lipinski definition) is 2. The van der Waals surface area contributed by atoms with Gasteiger partial charge in [-0.25, -0.2) is 0 Å². The fraction of sp³-hybridized carbons (Fsp3) is 0.455. The number of allylic oxidation sites excluding steroid dienone is 1. The number of carbonyl (C=O) groups is 2. The van der Waals surface area contributed by atoms with Gasteiger partial charge in [0, 0.05) is 25.6 Å². The van der Waals surface area contributed by atoms with Gasteiger partial charge in [-0.1, -0.05) is 25.8 Å². The van der Waals surface area contributed by atoms with Crippen LogP contribution in [0, 0.1) is 11.8 Å². The molecular formula is C22H32N2O4. The molecule has 0 aromatic carbocycles. The van der Waals surface area contributed by atoms with Crippen molar-refractivity contribution >= 4 is 17.9 Å². The third-order valence-electron chi connectivity index (χ3n) is 3.16. The summed E-state index contributed by atoms with van der Waals surface area (Å²) in [6, 6.07) is 3.54. The highest BCUT2D eigenvalue weighted by Gasteiger charge is 1.97. The van der Waals surface area contributed by atoms with Gasteiger partial charge in [0.05, 0.1) is 19.1 Å². The van der Waals surface area contributed by atoms with Gasteiger partial charge in [-0.15, -0.1) is 0 Å². The van der Waals surface area contributed by atoms with Crippen LogP contribution in [0.1, 0.15) is 52.2 Å². The predicted molar refractivity (Wildman–Crippen MR) is 112 cm³/mol. The van der Waals surface area contributed by atoms with E-state index in [1.807, 2.05) is 20.8 Å². The molecule has 0 saturated heterocycles. The summed E-state index contributed by atoms with van der Waals surface area (Å²) in [4.78, 5) is 23.0. The molecule has 0 fully saturated rings. The second kappa shape index (κ2) is 18.8. The molecule has 0 unspecified atom stereocenters. The van der Waals surface area contributed by atoms with Crippen LogP contribution < -0.4 is 10.6 Å². The Morgan fingerprint density at radius 2 is 1.93 bits per heavy atom. The van der Waals surface area contributed by atoms with Crippen LogP contribution in [0.2, 0.25) is 0 Å². The zero-order valence-electron chi connectivity index (χ0n) is 17.1. The summed E-state index contributed by atoms with van der Waals surface area (Å²) in [7, 11) is 0. The molecular weight excluding hydrogens is 356 g/mol. The molecule has 1 heterocycles.